The highest BCUT2D eigenvalue weighted by atomic mass is 33.2. The summed E-state index contributed by atoms with van der Waals surface area (Å²) in [6.45, 7) is 0.310. The van der Waals surface area contributed by atoms with Crippen molar-refractivity contribution in [3.63, 3.8) is 0 Å². The molecule has 1 saturated heterocycles. The lowest BCUT2D eigenvalue weighted by molar-refractivity contribution is 0.361. The summed E-state index contributed by atoms with van der Waals surface area (Å²) < 4.78 is 68.0. The predicted molar refractivity (Wildman–Crippen MR) is 64.8 cm³/mol. The molecule has 100 valence electrons. The minimum Gasteiger partial charge on any atom is -0.333 e. The average Bonchev–Trinajstić information content (AvgIpc) is 2.77. The van der Waals surface area contributed by atoms with Gasteiger partial charge in [0.15, 0.2) is 27.9 Å². The molecule has 0 bridgehead atoms. The number of hydrogen-bond acceptors (Lipinski definition) is 4. The second kappa shape index (κ2) is 5.28. The van der Waals surface area contributed by atoms with E-state index in [2.05, 4.69) is 0 Å². The van der Waals surface area contributed by atoms with Crippen molar-refractivity contribution in [1.29, 1.82) is 0 Å². The first-order valence-corrected chi connectivity index (χ1v) is 10.2. The summed E-state index contributed by atoms with van der Waals surface area (Å²) in [7, 11) is 0. The number of rotatable bonds is 2. The third-order valence-electron chi connectivity index (χ3n) is 1.95. The Bertz CT molecular complexity index is 513. The second-order valence-corrected chi connectivity index (χ2v) is 13.5. The van der Waals surface area contributed by atoms with Crippen molar-refractivity contribution >= 4 is 39.2 Å². The molecule has 0 radical (unpaired) electrons. The van der Waals surface area contributed by atoms with E-state index >= 15 is 0 Å². The molecule has 1 nitrogen and oxygen atoms in total. The van der Waals surface area contributed by atoms with Crippen molar-refractivity contribution in [3.05, 3.63) is 29.1 Å². The monoisotopic (exact) mass is 338 g/mol. The van der Waals surface area contributed by atoms with Crippen molar-refractivity contribution in [2.45, 2.75) is 4.90 Å². The predicted octanol–water partition coefficient (Wildman–Crippen LogP) is 4.46. The number of halogens is 5. The van der Waals surface area contributed by atoms with Gasteiger partial charge in [0.25, 0.3) is 0 Å². The lowest BCUT2D eigenvalue weighted by Gasteiger charge is -2.14. The highest BCUT2D eigenvalue weighted by molar-refractivity contribution is 8.99. The molecule has 1 aliphatic rings. The van der Waals surface area contributed by atoms with Crippen LogP contribution in [0.25, 0.3) is 0 Å². The van der Waals surface area contributed by atoms with E-state index in [1.165, 1.54) is 11.4 Å². The Balaban J connectivity index is 2.48. The Morgan fingerprint density at radius 3 is 1.94 bits per heavy atom. The molecule has 0 aromatic heterocycles. The van der Waals surface area contributed by atoms with Gasteiger partial charge in [-0.1, -0.05) is 11.4 Å². The summed E-state index contributed by atoms with van der Waals surface area (Å²) in [6.07, 6.45) is 0. The van der Waals surface area contributed by atoms with Crippen LogP contribution in [0.3, 0.4) is 0 Å². The van der Waals surface area contributed by atoms with Crippen LogP contribution in [-0.2, 0) is 16.3 Å². The van der Waals surface area contributed by atoms with E-state index in [1.807, 2.05) is 0 Å². The van der Waals surface area contributed by atoms with E-state index in [4.69, 9.17) is 16.3 Å². The lowest BCUT2D eigenvalue weighted by atomic mass is 10.3. The highest BCUT2D eigenvalue weighted by Gasteiger charge is 2.33. The van der Waals surface area contributed by atoms with Gasteiger partial charge in [0.2, 0.25) is 5.82 Å². The SMILES string of the molecule is Fc1c(F)c(F)c(SP2(=S)OCCS2)c(F)c1F. The van der Waals surface area contributed by atoms with E-state index < -0.39 is 38.7 Å². The van der Waals surface area contributed by atoms with Crippen LogP contribution in [0, 0.1) is 29.1 Å². The third-order valence-corrected chi connectivity index (χ3v) is 10.8. The third kappa shape index (κ3) is 2.56. The fourth-order valence-corrected chi connectivity index (χ4v) is 9.14. The number of hydrogen-bond donors (Lipinski definition) is 0. The maximum absolute atomic E-state index is 13.4. The molecular weight excluding hydrogens is 334 g/mol. The van der Waals surface area contributed by atoms with E-state index in [-0.39, 0.29) is 0 Å². The smallest absolute Gasteiger partial charge is 0.200 e. The van der Waals surface area contributed by atoms with Crippen LogP contribution in [0.1, 0.15) is 0 Å². The zero-order chi connectivity index (χ0) is 13.5. The molecule has 0 amide bonds. The average molecular weight is 338 g/mol. The van der Waals surface area contributed by atoms with Gasteiger partial charge in [-0.25, -0.2) is 22.0 Å². The minimum atomic E-state index is -2.67. The molecule has 1 atom stereocenters. The van der Waals surface area contributed by atoms with Crippen molar-refractivity contribution in [3.8, 4) is 0 Å². The Kier molecular flexibility index (Phi) is 4.28. The van der Waals surface area contributed by atoms with Crippen LogP contribution < -0.4 is 0 Å². The summed E-state index contributed by atoms with van der Waals surface area (Å²) in [4.78, 5) is -0.968. The standard InChI is InChI=1S/C8H4F5OPS3/c9-3-4(10)6(12)8(7(13)5(3)11)18-15(16)14-1-2-17-15/h1-2H2. The topological polar surface area (TPSA) is 9.23 Å². The zero-order valence-corrected chi connectivity index (χ0v) is 11.7. The van der Waals surface area contributed by atoms with Crippen LogP contribution in [0.15, 0.2) is 4.90 Å². The molecule has 0 spiro atoms. The minimum absolute atomic E-state index is 0.310. The van der Waals surface area contributed by atoms with Crippen molar-refractivity contribution in [2.75, 3.05) is 12.4 Å². The zero-order valence-electron chi connectivity index (χ0n) is 8.38. The first-order valence-electron chi connectivity index (χ1n) is 4.46. The van der Waals surface area contributed by atoms with E-state index in [0.717, 1.165) is 0 Å². The Hall–Kier alpha value is 0.180. The summed E-state index contributed by atoms with van der Waals surface area (Å²) in [5.74, 6) is -9.30. The highest BCUT2D eigenvalue weighted by Crippen LogP contribution is 2.75. The van der Waals surface area contributed by atoms with Gasteiger partial charge in [0, 0.05) is 5.75 Å². The Morgan fingerprint density at radius 2 is 1.50 bits per heavy atom. The molecule has 1 aliphatic heterocycles. The molecule has 1 aromatic carbocycles. The normalized spacial score (nSPS) is 23.6. The van der Waals surface area contributed by atoms with E-state index in [9.17, 15) is 22.0 Å². The summed E-state index contributed by atoms with van der Waals surface area (Å²) in [5, 5.41) is 0. The molecule has 18 heavy (non-hydrogen) atoms. The van der Waals surface area contributed by atoms with Crippen molar-refractivity contribution in [2.24, 2.45) is 0 Å². The van der Waals surface area contributed by atoms with E-state index in [0.29, 0.717) is 23.7 Å². The van der Waals surface area contributed by atoms with Crippen molar-refractivity contribution < 1.29 is 26.5 Å². The first kappa shape index (κ1) is 14.6. The van der Waals surface area contributed by atoms with Crippen LogP contribution >= 0.6 is 27.4 Å². The molecule has 0 N–H and O–H groups in total. The van der Waals surface area contributed by atoms with Gasteiger partial charge >= 0.3 is 0 Å². The van der Waals surface area contributed by atoms with Gasteiger partial charge in [0.05, 0.1) is 11.5 Å². The maximum atomic E-state index is 13.4. The molecule has 1 unspecified atom stereocenters. The summed E-state index contributed by atoms with van der Waals surface area (Å²) in [5.41, 5.74) is 0. The Labute approximate surface area is 112 Å². The fourth-order valence-electron chi connectivity index (χ4n) is 1.16. The van der Waals surface area contributed by atoms with Crippen LogP contribution in [0.4, 0.5) is 22.0 Å². The maximum Gasteiger partial charge on any atom is 0.200 e. The summed E-state index contributed by atoms with van der Waals surface area (Å²) >= 11 is 6.61. The van der Waals surface area contributed by atoms with Crippen LogP contribution in [0.5, 0.6) is 0 Å². The Morgan fingerprint density at radius 1 is 1.00 bits per heavy atom. The first-order chi connectivity index (χ1) is 8.36. The number of benzene rings is 1. The molecule has 2 rings (SSSR count). The quantitative estimate of drug-likeness (QED) is 0.341. The van der Waals surface area contributed by atoms with Gasteiger partial charge in [-0.2, -0.15) is 0 Å². The largest absolute Gasteiger partial charge is 0.333 e. The second-order valence-electron chi connectivity index (χ2n) is 3.10. The molecule has 10 heteroatoms. The molecule has 0 aliphatic carbocycles. The van der Waals surface area contributed by atoms with Crippen LogP contribution in [-0.4, -0.2) is 12.4 Å². The molecule has 0 saturated carbocycles. The van der Waals surface area contributed by atoms with Gasteiger partial charge < -0.3 is 4.52 Å². The van der Waals surface area contributed by atoms with Gasteiger partial charge in [-0.15, -0.1) is 0 Å². The molecule has 1 fully saturated rings. The summed E-state index contributed by atoms with van der Waals surface area (Å²) in [6, 6.07) is 0. The van der Waals surface area contributed by atoms with Crippen molar-refractivity contribution in [1.82, 2.24) is 0 Å². The van der Waals surface area contributed by atoms with Gasteiger partial charge in [-0.05, 0) is 23.2 Å². The fraction of sp³-hybridized carbons (Fsp3) is 0.250. The molecular formula is C8H4F5OPS3. The van der Waals surface area contributed by atoms with Gasteiger partial charge in [-0.3, -0.25) is 0 Å². The van der Waals surface area contributed by atoms with Gasteiger partial charge in [0.1, 0.15) is 0 Å². The lowest BCUT2D eigenvalue weighted by Crippen LogP contribution is -2.02. The molecule has 1 aromatic rings. The molecule has 1 heterocycles. The van der Waals surface area contributed by atoms with E-state index in [1.54, 1.807) is 0 Å². The van der Waals surface area contributed by atoms with Crippen LogP contribution in [0.2, 0.25) is 0 Å².